The molecular formula is C23H17FN8O3. The molecule has 1 fully saturated rings. The van der Waals surface area contributed by atoms with Gasteiger partial charge in [-0.15, -0.1) is 0 Å². The summed E-state index contributed by atoms with van der Waals surface area (Å²) in [6.45, 7) is 0.117. The van der Waals surface area contributed by atoms with Crippen molar-refractivity contribution in [1.29, 1.82) is 0 Å². The van der Waals surface area contributed by atoms with Gasteiger partial charge in [0, 0.05) is 17.8 Å². The minimum absolute atomic E-state index is 0.117. The molecule has 1 saturated heterocycles. The number of methoxy groups -OCH3 is 1. The Labute approximate surface area is 197 Å². The molecule has 174 valence electrons. The highest BCUT2D eigenvalue weighted by atomic mass is 19.1. The second kappa shape index (κ2) is 8.17. The van der Waals surface area contributed by atoms with E-state index in [4.69, 9.17) is 9.47 Å². The number of rotatable bonds is 5. The van der Waals surface area contributed by atoms with E-state index < -0.39 is 18.0 Å². The molecule has 0 radical (unpaired) electrons. The van der Waals surface area contributed by atoms with E-state index in [1.165, 1.54) is 24.4 Å². The molecule has 35 heavy (non-hydrogen) atoms. The first-order valence-corrected chi connectivity index (χ1v) is 10.6. The molecule has 0 unspecified atom stereocenters. The number of aromatic nitrogens is 7. The topological polar surface area (TPSA) is 123 Å². The third-order valence-electron chi connectivity index (χ3n) is 5.72. The van der Waals surface area contributed by atoms with Gasteiger partial charge in [-0.25, -0.2) is 33.6 Å². The van der Waals surface area contributed by atoms with Crippen LogP contribution in [0.2, 0.25) is 0 Å². The van der Waals surface area contributed by atoms with Gasteiger partial charge in [0.05, 0.1) is 24.6 Å². The van der Waals surface area contributed by atoms with Crippen LogP contribution in [0.4, 0.5) is 15.0 Å². The van der Waals surface area contributed by atoms with Crippen LogP contribution in [0.5, 0.6) is 5.88 Å². The first-order valence-electron chi connectivity index (χ1n) is 10.6. The first-order chi connectivity index (χ1) is 17.1. The van der Waals surface area contributed by atoms with Crippen molar-refractivity contribution in [3.05, 3.63) is 72.7 Å². The average molecular weight is 472 g/mol. The standard InChI is InChI=1S/C23H17FN8O3/c1-34-20-4-2-3-17(28-20)18-11-35-23(33)32(18)19-7-8-31-22(29-19)15(10-27-31)13-5-6-14(16(24)9-13)21-25-12-26-30-21/h2-10,12,18H,11H2,1H3,(H,25,26,30)/t18-/m1/s1. The third kappa shape index (κ3) is 3.51. The number of hydrogen-bond donors (Lipinski definition) is 1. The Morgan fingerprint density at radius 1 is 1.17 bits per heavy atom. The van der Waals surface area contributed by atoms with Crippen molar-refractivity contribution in [2.24, 2.45) is 0 Å². The van der Waals surface area contributed by atoms with Crippen molar-refractivity contribution in [2.75, 3.05) is 18.6 Å². The van der Waals surface area contributed by atoms with Crippen LogP contribution < -0.4 is 9.64 Å². The number of ether oxygens (including phenoxy) is 2. The van der Waals surface area contributed by atoms with E-state index in [0.717, 1.165) is 0 Å². The highest BCUT2D eigenvalue weighted by Gasteiger charge is 2.37. The smallest absolute Gasteiger partial charge is 0.416 e. The van der Waals surface area contributed by atoms with E-state index >= 15 is 0 Å². The van der Waals surface area contributed by atoms with Crippen LogP contribution in [0.15, 0.2) is 61.2 Å². The summed E-state index contributed by atoms with van der Waals surface area (Å²) >= 11 is 0. The van der Waals surface area contributed by atoms with E-state index in [9.17, 15) is 9.18 Å². The molecule has 1 aromatic carbocycles. The Hall–Kier alpha value is -4.87. The number of anilines is 1. The molecule has 1 N–H and O–H groups in total. The summed E-state index contributed by atoms with van der Waals surface area (Å²) in [5.74, 6) is 0.648. The van der Waals surface area contributed by atoms with Crippen LogP contribution >= 0.6 is 0 Å². The van der Waals surface area contributed by atoms with Crippen molar-refractivity contribution in [3.8, 4) is 28.4 Å². The molecule has 1 aliphatic heterocycles. The quantitative estimate of drug-likeness (QED) is 0.413. The lowest BCUT2D eigenvalue weighted by Gasteiger charge is -2.20. The first kappa shape index (κ1) is 20.7. The van der Waals surface area contributed by atoms with Gasteiger partial charge >= 0.3 is 6.09 Å². The predicted molar refractivity (Wildman–Crippen MR) is 121 cm³/mol. The van der Waals surface area contributed by atoms with E-state index in [1.54, 1.807) is 53.3 Å². The third-order valence-corrected chi connectivity index (χ3v) is 5.72. The number of aromatic amines is 1. The van der Waals surface area contributed by atoms with Crippen LogP contribution in [-0.2, 0) is 4.74 Å². The van der Waals surface area contributed by atoms with E-state index in [2.05, 4.69) is 30.2 Å². The van der Waals surface area contributed by atoms with Gasteiger partial charge in [0.2, 0.25) is 5.88 Å². The van der Waals surface area contributed by atoms with Gasteiger partial charge in [-0.3, -0.25) is 5.10 Å². The maximum absolute atomic E-state index is 14.9. The summed E-state index contributed by atoms with van der Waals surface area (Å²) in [6.07, 6.45) is 4.05. The fraction of sp³-hybridized carbons (Fsp3) is 0.130. The molecule has 4 aromatic heterocycles. The highest BCUT2D eigenvalue weighted by Crippen LogP contribution is 2.34. The van der Waals surface area contributed by atoms with Crippen LogP contribution in [0, 0.1) is 5.82 Å². The molecule has 1 atom stereocenters. The molecule has 0 bridgehead atoms. The number of pyridine rings is 1. The Bertz CT molecular complexity index is 1550. The van der Waals surface area contributed by atoms with Gasteiger partial charge in [0.15, 0.2) is 11.5 Å². The van der Waals surface area contributed by atoms with Crippen molar-refractivity contribution >= 4 is 17.6 Å². The maximum Gasteiger partial charge on any atom is 0.416 e. The zero-order chi connectivity index (χ0) is 23.9. The number of halogens is 1. The number of nitrogens with one attached hydrogen (secondary N) is 1. The maximum atomic E-state index is 14.9. The molecule has 1 amide bonds. The lowest BCUT2D eigenvalue weighted by atomic mass is 10.1. The van der Waals surface area contributed by atoms with Crippen LogP contribution in [0.1, 0.15) is 11.7 Å². The number of cyclic esters (lactones) is 1. The minimum Gasteiger partial charge on any atom is -0.481 e. The fourth-order valence-electron chi connectivity index (χ4n) is 4.03. The number of fused-ring (bicyclic) bond motifs is 1. The summed E-state index contributed by atoms with van der Waals surface area (Å²) in [5.41, 5.74) is 2.52. The Balaban J connectivity index is 1.40. The second-order valence-corrected chi connectivity index (χ2v) is 7.71. The number of carbonyl (C=O) groups is 1. The van der Waals surface area contributed by atoms with Crippen molar-refractivity contribution in [3.63, 3.8) is 0 Å². The van der Waals surface area contributed by atoms with Crippen molar-refractivity contribution in [1.82, 2.24) is 34.8 Å². The van der Waals surface area contributed by atoms with Gasteiger partial charge in [-0.05, 0) is 29.8 Å². The Kier molecular flexibility index (Phi) is 4.83. The predicted octanol–water partition coefficient (Wildman–Crippen LogP) is 3.42. The molecule has 0 saturated carbocycles. The molecular weight excluding hydrogens is 455 g/mol. The molecule has 11 nitrogen and oxygen atoms in total. The number of amides is 1. The monoisotopic (exact) mass is 472 g/mol. The molecule has 1 aliphatic rings. The number of benzene rings is 1. The molecule has 0 spiro atoms. The lowest BCUT2D eigenvalue weighted by Crippen LogP contribution is -2.28. The second-order valence-electron chi connectivity index (χ2n) is 7.71. The van der Waals surface area contributed by atoms with Gasteiger partial charge in [-0.2, -0.15) is 10.2 Å². The molecule has 0 aliphatic carbocycles. The van der Waals surface area contributed by atoms with Crippen molar-refractivity contribution in [2.45, 2.75) is 6.04 Å². The average Bonchev–Trinajstić information content (AvgIpc) is 3.63. The zero-order valence-electron chi connectivity index (χ0n) is 18.3. The van der Waals surface area contributed by atoms with E-state index in [-0.39, 0.29) is 6.61 Å². The van der Waals surface area contributed by atoms with Gasteiger partial charge in [0.1, 0.15) is 30.6 Å². The molecule has 5 aromatic rings. The largest absolute Gasteiger partial charge is 0.481 e. The van der Waals surface area contributed by atoms with Crippen LogP contribution in [-0.4, -0.2) is 54.6 Å². The number of hydrogen-bond acceptors (Lipinski definition) is 8. The zero-order valence-corrected chi connectivity index (χ0v) is 18.3. The number of nitrogens with zero attached hydrogens (tertiary/aromatic N) is 7. The number of carbonyl (C=O) groups excluding carboxylic acids is 1. The lowest BCUT2D eigenvalue weighted by molar-refractivity contribution is 0.178. The summed E-state index contributed by atoms with van der Waals surface area (Å²) < 4.78 is 26.9. The van der Waals surface area contributed by atoms with E-state index in [1.807, 2.05) is 0 Å². The fourth-order valence-corrected chi connectivity index (χ4v) is 4.03. The normalized spacial score (nSPS) is 15.5. The van der Waals surface area contributed by atoms with Gasteiger partial charge in [0.25, 0.3) is 0 Å². The minimum atomic E-state index is -0.542. The van der Waals surface area contributed by atoms with E-state index in [0.29, 0.717) is 45.6 Å². The van der Waals surface area contributed by atoms with Gasteiger partial charge < -0.3 is 9.47 Å². The van der Waals surface area contributed by atoms with Gasteiger partial charge in [-0.1, -0.05) is 12.1 Å². The summed E-state index contributed by atoms with van der Waals surface area (Å²) in [4.78, 5) is 27.2. The molecule has 12 heteroatoms. The van der Waals surface area contributed by atoms with Crippen LogP contribution in [0.25, 0.3) is 28.2 Å². The SMILES string of the molecule is COc1cccc([C@H]2COC(=O)N2c2ccn3ncc(-c4ccc(-c5ncn[nH]5)c(F)c4)c3n2)n1. The number of H-pyrrole nitrogens is 1. The summed E-state index contributed by atoms with van der Waals surface area (Å²) in [7, 11) is 1.53. The Morgan fingerprint density at radius 2 is 2.09 bits per heavy atom. The highest BCUT2D eigenvalue weighted by molar-refractivity contribution is 5.90. The van der Waals surface area contributed by atoms with Crippen molar-refractivity contribution < 1.29 is 18.7 Å². The summed E-state index contributed by atoms with van der Waals surface area (Å²) in [5, 5.41) is 10.7. The Morgan fingerprint density at radius 3 is 2.89 bits per heavy atom. The molecule has 5 heterocycles. The van der Waals surface area contributed by atoms with Crippen LogP contribution in [0.3, 0.4) is 0 Å². The summed E-state index contributed by atoms with van der Waals surface area (Å²) in [6, 6.07) is 11.2. The molecule has 6 rings (SSSR count).